The maximum atomic E-state index is 12.8. The van der Waals surface area contributed by atoms with Crippen LogP contribution in [0.3, 0.4) is 0 Å². The van der Waals surface area contributed by atoms with Gasteiger partial charge >= 0.3 is 0 Å². The molecule has 0 spiro atoms. The van der Waals surface area contributed by atoms with Gasteiger partial charge < -0.3 is 20.5 Å². The van der Waals surface area contributed by atoms with Crippen molar-refractivity contribution in [3.63, 3.8) is 0 Å². The molecule has 1 fully saturated rings. The van der Waals surface area contributed by atoms with Crippen molar-refractivity contribution in [2.24, 2.45) is 0 Å². The molecular weight excluding hydrogens is 422 g/mol. The summed E-state index contributed by atoms with van der Waals surface area (Å²) in [7, 11) is -3.75. The average molecular weight is 448 g/mol. The zero-order valence-corrected chi connectivity index (χ0v) is 18.0. The Morgan fingerprint density at radius 2 is 1.90 bits per heavy atom. The number of β-amino-alcohol motifs (C(OH)–C–C–N with tert-alkyl or cyclic N) is 2. The van der Waals surface area contributed by atoms with Crippen molar-refractivity contribution < 1.29 is 18.6 Å². The van der Waals surface area contributed by atoms with Gasteiger partial charge in [0.25, 0.3) is 0 Å². The number of hydrogen-bond donors (Lipinski definition) is 4. The number of rotatable bonds is 8. The molecule has 9 heteroatoms. The van der Waals surface area contributed by atoms with E-state index in [1.807, 2.05) is 24.4 Å². The van der Waals surface area contributed by atoms with Crippen molar-refractivity contribution in [3.8, 4) is 0 Å². The fourth-order valence-electron chi connectivity index (χ4n) is 3.64. The number of para-hydroxylation sites is 1. The molecule has 0 amide bonds. The smallest absolute Gasteiger partial charge is 0.243 e. The number of aliphatic hydroxyl groups is 2. The van der Waals surface area contributed by atoms with Crippen LogP contribution in [0.25, 0.3) is 10.9 Å². The van der Waals surface area contributed by atoms with Crippen molar-refractivity contribution in [1.29, 1.82) is 0 Å². The molecule has 2 aromatic carbocycles. The van der Waals surface area contributed by atoms with Crippen LogP contribution in [-0.4, -0.2) is 71.6 Å². The van der Waals surface area contributed by atoms with Crippen molar-refractivity contribution >= 4 is 32.7 Å². The number of aromatic amines is 1. The van der Waals surface area contributed by atoms with Gasteiger partial charge in [0.15, 0.2) is 0 Å². The Kier molecular flexibility index (Phi) is 6.19. The van der Waals surface area contributed by atoms with E-state index in [4.69, 9.17) is 0 Å². The molecular formula is C21H25N3O4S2. The van der Waals surface area contributed by atoms with Crippen molar-refractivity contribution in [3.05, 3.63) is 60.8 Å². The Morgan fingerprint density at radius 3 is 2.70 bits per heavy atom. The SMILES string of the molecule is O=S(=O)(c1ccccc1)N1C[C@@H](O)[C@](O)(CNCCSc2c[nH]c3ccccc23)C1. The maximum Gasteiger partial charge on any atom is 0.243 e. The number of thioether (sulfide) groups is 1. The molecule has 1 aromatic heterocycles. The van der Waals surface area contributed by atoms with Gasteiger partial charge in [-0.15, -0.1) is 11.8 Å². The van der Waals surface area contributed by atoms with E-state index < -0.39 is 21.7 Å². The van der Waals surface area contributed by atoms with Crippen LogP contribution in [0, 0.1) is 0 Å². The first kappa shape index (κ1) is 21.4. The summed E-state index contributed by atoms with van der Waals surface area (Å²) in [5, 5.41) is 25.5. The normalized spacial score (nSPS) is 22.7. The zero-order chi connectivity index (χ0) is 21.2. The molecule has 3 aromatic rings. The van der Waals surface area contributed by atoms with Gasteiger partial charge in [0.2, 0.25) is 10.0 Å². The topological polar surface area (TPSA) is 106 Å². The molecule has 2 heterocycles. The van der Waals surface area contributed by atoms with E-state index in [2.05, 4.69) is 16.4 Å². The average Bonchev–Trinajstić information content (AvgIpc) is 3.30. The summed E-state index contributed by atoms with van der Waals surface area (Å²) in [5.74, 6) is 0.778. The Balaban J connectivity index is 1.30. The van der Waals surface area contributed by atoms with Crippen LogP contribution in [0.15, 0.2) is 70.6 Å². The number of nitrogens with one attached hydrogen (secondary N) is 2. The molecule has 7 nitrogen and oxygen atoms in total. The molecule has 4 rings (SSSR count). The second kappa shape index (κ2) is 8.70. The lowest BCUT2D eigenvalue weighted by Crippen LogP contribution is -2.50. The highest BCUT2D eigenvalue weighted by Gasteiger charge is 2.48. The summed E-state index contributed by atoms with van der Waals surface area (Å²) in [4.78, 5) is 4.56. The number of nitrogens with zero attached hydrogens (tertiary/aromatic N) is 1. The fraction of sp³-hybridized carbons (Fsp3) is 0.333. The number of H-pyrrole nitrogens is 1. The third kappa shape index (κ3) is 4.27. The summed E-state index contributed by atoms with van der Waals surface area (Å²) in [6, 6.07) is 16.2. The summed E-state index contributed by atoms with van der Waals surface area (Å²) in [6.07, 6.45) is 0.834. The minimum Gasteiger partial charge on any atom is -0.389 e. The highest BCUT2D eigenvalue weighted by Crippen LogP contribution is 2.28. The molecule has 0 unspecified atom stereocenters. The fourth-order valence-corrected chi connectivity index (χ4v) is 6.11. The van der Waals surface area contributed by atoms with Crippen LogP contribution in [-0.2, 0) is 10.0 Å². The number of sulfonamides is 1. The first-order valence-corrected chi connectivity index (χ1v) is 12.2. The third-order valence-corrected chi connectivity index (χ3v) is 8.23. The molecule has 0 saturated carbocycles. The van der Waals surface area contributed by atoms with E-state index in [0.717, 1.165) is 20.5 Å². The largest absolute Gasteiger partial charge is 0.389 e. The molecule has 4 N–H and O–H groups in total. The van der Waals surface area contributed by atoms with E-state index in [-0.39, 0.29) is 24.5 Å². The van der Waals surface area contributed by atoms with Crippen LogP contribution in [0.1, 0.15) is 0 Å². The molecule has 2 atom stereocenters. The Hall–Kier alpha value is -1.88. The van der Waals surface area contributed by atoms with Gasteiger partial charge in [0, 0.05) is 53.9 Å². The molecule has 0 radical (unpaired) electrons. The lowest BCUT2D eigenvalue weighted by Gasteiger charge is -2.26. The van der Waals surface area contributed by atoms with E-state index in [9.17, 15) is 18.6 Å². The van der Waals surface area contributed by atoms with Crippen LogP contribution in [0.4, 0.5) is 0 Å². The standard InChI is InChI=1S/C21H25N3O4S2/c25-20-13-24(30(27,28)16-6-2-1-3-7-16)15-21(20,26)14-22-10-11-29-19-12-23-18-9-5-4-8-17(18)19/h1-9,12,20,22-23,25-26H,10-11,13-15H2/t20-,21+/m1/s1. The number of hydrogen-bond acceptors (Lipinski definition) is 6. The molecule has 0 aliphatic carbocycles. The Morgan fingerprint density at radius 1 is 1.17 bits per heavy atom. The minimum absolute atomic E-state index is 0.115. The third-order valence-electron chi connectivity index (χ3n) is 5.35. The van der Waals surface area contributed by atoms with Crippen LogP contribution in [0.2, 0.25) is 0 Å². The lowest BCUT2D eigenvalue weighted by atomic mass is 10.0. The van der Waals surface area contributed by atoms with Gasteiger partial charge in [-0.1, -0.05) is 36.4 Å². The second-order valence-corrected chi connectivity index (χ2v) is 10.5. The monoisotopic (exact) mass is 447 g/mol. The Labute approximate surface area is 180 Å². The molecule has 1 saturated heterocycles. The quantitative estimate of drug-likeness (QED) is 0.309. The van der Waals surface area contributed by atoms with Crippen LogP contribution >= 0.6 is 11.8 Å². The summed E-state index contributed by atoms with van der Waals surface area (Å²) < 4.78 is 26.7. The summed E-state index contributed by atoms with van der Waals surface area (Å²) >= 11 is 1.70. The van der Waals surface area contributed by atoms with Crippen molar-refractivity contribution in [2.45, 2.75) is 21.5 Å². The van der Waals surface area contributed by atoms with E-state index in [0.29, 0.717) is 6.54 Å². The first-order valence-electron chi connectivity index (χ1n) is 9.75. The first-order chi connectivity index (χ1) is 14.4. The van der Waals surface area contributed by atoms with Gasteiger partial charge in [0.05, 0.1) is 11.0 Å². The summed E-state index contributed by atoms with van der Waals surface area (Å²) in [5.41, 5.74) is -0.427. The predicted octanol–water partition coefficient (Wildman–Crippen LogP) is 1.65. The Bertz CT molecular complexity index is 1100. The van der Waals surface area contributed by atoms with Gasteiger partial charge in [0.1, 0.15) is 5.60 Å². The highest BCUT2D eigenvalue weighted by atomic mass is 32.2. The molecule has 0 bridgehead atoms. The second-order valence-electron chi connectivity index (χ2n) is 7.45. The number of benzene rings is 2. The predicted molar refractivity (Wildman–Crippen MR) is 118 cm³/mol. The number of aliphatic hydroxyl groups excluding tert-OH is 1. The molecule has 30 heavy (non-hydrogen) atoms. The number of aromatic nitrogens is 1. The van der Waals surface area contributed by atoms with Crippen LogP contribution < -0.4 is 5.32 Å². The van der Waals surface area contributed by atoms with E-state index >= 15 is 0 Å². The number of fused-ring (bicyclic) bond motifs is 1. The zero-order valence-electron chi connectivity index (χ0n) is 16.4. The van der Waals surface area contributed by atoms with Crippen LogP contribution in [0.5, 0.6) is 0 Å². The molecule has 160 valence electrons. The minimum atomic E-state index is -3.75. The van der Waals surface area contributed by atoms with Gasteiger partial charge in [-0.3, -0.25) is 0 Å². The lowest BCUT2D eigenvalue weighted by molar-refractivity contribution is -0.0378. The van der Waals surface area contributed by atoms with Gasteiger partial charge in [-0.25, -0.2) is 8.42 Å². The van der Waals surface area contributed by atoms with Crippen molar-refractivity contribution in [2.75, 3.05) is 31.9 Å². The maximum absolute atomic E-state index is 12.8. The molecule has 1 aliphatic heterocycles. The van der Waals surface area contributed by atoms with Crippen molar-refractivity contribution in [1.82, 2.24) is 14.6 Å². The van der Waals surface area contributed by atoms with Gasteiger partial charge in [-0.2, -0.15) is 4.31 Å². The summed E-state index contributed by atoms with van der Waals surface area (Å²) in [6.45, 7) is 0.460. The highest BCUT2D eigenvalue weighted by molar-refractivity contribution is 7.99. The van der Waals surface area contributed by atoms with E-state index in [1.54, 1.807) is 30.0 Å². The molecule has 1 aliphatic rings. The van der Waals surface area contributed by atoms with E-state index in [1.165, 1.54) is 17.5 Å². The van der Waals surface area contributed by atoms with Gasteiger partial charge in [-0.05, 0) is 18.2 Å².